The predicted molar refractivity (Wildman–Crippen MR) is 106 cm³/mol. The molecule has 1 amide bonds. The average molecular weight is 483 g/mol. The summed E-state index contributed by atoms with van der Waals surface area (Å²) in [5.41, 5.74) is -0.599. The molecule has 0 bridgehead atoms. The highest BCUT2D eigenvalue weighted by molar-refractivity contribution is 7.99. The zero-order valence-electron chi connectivity index (χ0n) is 14.1. The van der Waals surface area contributed by atoms with Crippen LogP contribution >= 0.6 is 46.6 Å². The topological polar surface area (TPSA) is 68.0 Å². The summed E-state index contributed by atoms with van der Waals surface area (Å²) in [7, 11) is 0. The van der Waals surface area contributed by atoms with Crippen LogP contribution in [-0.2, 0) is 11.0 Å². The Morgan fingerprint density at radius 3 is 2.52 bits per heavy atom. The highest BCUT2D eigenvalue weighted by Crippen LogP contribution is 2.36. The summed E-state index contributed by atoms with van der Waals surface area (Å²) in [5, 5.41) is 10.4. The lowest BCUT2D eigenvalue weighted by molar-refractivity contribution is -0.137. The van der Waals surface area contributed by atoms with E-state index in [-0.39, 0.29) is 22.6 Å². The van der Waals surface area contributed by atoms with E-state index in [1.165, 1.54) is 12.1 Å². The average Bonchev–Trinajstić information content (AvgIpc) is 3.09. The van der Waals surface area contributed by atoms with Crippen molar-refractivity contribution in [3.8, 4) is 11.5 Å². The number of anilines is 1. The fraction of sp³-hybridized carbons (Fsp3) is 0.118. The molecule has 0 aliphatic carbocycles. The van der Waals surface area contributed by atoms with E-state index in [2.05, 4.69) is 15.5 Å². The van der Waals surface area contributed by atoms with Crippen LogP contribution in [0.2, 0.25) is 15.1 Å². The van der Waals surface area contributed by atoms with Crippen LogP contribution in [0.4, 0.5) is 18.9 Å². The van der Waals surface area contributed by atoms with Crippen LogP contribution < -0.4 is 5.32 Å². The maximum absolute atomic E-state index is 12.9. The largest absolute Gasteiger partial charge is 0.417 e. The molecule has 2 aromatic carbocycles. The molecule has 3 rings (SSSR count). The molecule has 0 unspecified atom stereocenters. The van der Waals surface area contributed by atoms with Gasteiger partial charge < -0.3 is 9.73 Å². The zero-order valence-corrected chi connectivity index (χ0v) is 17.1. The van der Waals surface area contributed by atoms with Crippen LogP contribution in [0.5, 0.6) is 0 Å². The molecule has 5 nitrogen and oxygen atoms in total. The highest BCUT2D eigenvalue weighted by Gasteiger charge is 2.33. The van der Waals surface area contributed by atoms with E-state index >= 15 is 0 Å². The van der Waals surface area contributed by atoms with Gasteiger partial charge in [0.2, 0.25) is 11.8 Å². The van der Waals surface area contributed by atoms with Gasteiger partial charge in [-0.3, -0.25) is 4.79 Å². The molecule has 1 N–H and O–H groups in total. The molecule has 0 radical (unpaired) electrons. The standard InChI is InChI=1S/C17H9Cl3F3N3O2S/c18-8-1-3-10(13(20)5-8)15-25-26-16(28-15)29-7-14(27)24-9-2-4-12(19)11(6-9)17(21,22)23/h1-6H,7H2,(H,24,27). The van der Waals surface area contributed by atoms with Crippen molar-refractivity contribution in [3.63, 3.8) is 0 Å². The number of carbonyl (C=O) groups is 1. The molecule has 0 fully saturated rings. The zero-order chi connectivity index (χ0) is 21.2. The third-order valence-corrected chi connectivity index (χ3v) is 5.15. The number of hydrogen-bond acceptors (Lipinski definition) is 5. The Labute approximate surface area is 181 Å². The van der Waals surface area contributed by atoms with Gasteiger partial charge in [0.05, 0.1) is 26.9 Å². The van der Waals surface area contributed by atoms with E-state index in [4.69, 9.17) is 39.2 Å². The quantitative estimate of drug-likeness (QED) is 0.424. The summed E-state index contributed by atoms with van der Waals surface area (Å²) in [6.45, 7) is 0. The van der Waals surface area contributed by atoms with E-state index in [0.29, 0.717) is 15.6 Å². The normalized spacial score (nSPS) is 11.5. The Morgan fingerprint density at radius 1 is 1.07 bits per heavy atom. The van der Waals surface area contributed by atoms with E-state index < -0.39 is 22.7 Å². The summed E-state index contributed by atoms with van der Waals surface area (Å²) in [6.07, 6.45) is -4.63. The second-order valence-electron chi connectivity index (χ2n) is 5.53. The second-order valence-corrected chi connectivity index (χ2v) is 7.70. The van der Waals surface area contributed by atoms with Crippen molar-refractivity contribution in [1.29, 1.82) is 0 Å². The molecule has 1 aromatic heterocycles. The fourth-order valence-electron chi connectivity index (χ4n) is 2.18. The third kappa shape index (κ3) is 5.57. The Kier molecular flexibility index (Phi) is 6.62. The first-order chi connectivity index (χ1) is 13.6. The van der Waals surface area contributed by atoms with Gasteiger partial charge in [-0.25, -0.2) is 0 Å². The lowest BCUT2D eigenvalue weighted by Gasteiger charge is -2.11. The Bertz CT molecular complexity index is 1060. The number of hydrogen-bond donors (Lipinski definition) is 1. The summed E-state index contributed by atoms with van der Waals surface area (Å²) >= 11 is 18.4. The molecule has 0 saturated heterocycles. The fourth-order valence-corrected chi connectivity index (χ4v) is 3.46. The van der Waals surface area contributed by atoms with Gasteiger partial charge in [0.25, 0.3) is 5.22 Å². The molecule has 0 saturated carbocycles. The van der Waals surface area contributed by atoms with Gasteiger partial charge >= 0.3 is 6.18 Å². The van der Waals surface area contributed by atoms with Crippen LogP contribution in [0.3, 0.4) is 0 Å². The molecule has 0 aliphatic rings. The molecule has 29 heavy (non-hydrogen) atoms. The number of rotatable bonds is 5. The summed E-state index contributed by atoms with van der Waals surface area (Å²) in [6, 6.07) is 7.83. The molecule has 0 spiro atoms. The Hall–Kier alpha value is -1.94. The van der Waals surface area contributed by atoms with Crippen LogP contribution in [0.15, 0.2) is 46.0 Å². The Balaban J connectivity index is 1.63. The maximum atomic E-state index is 12.9. The number of benzene rings is 2. The van der Waals surface area contributed by atoms with Crippen molar-refractivity contribution in [1.82, 2.24) is 10.2 Å². The number of aromatic nitrogens is 2. The van der Waals surface area contributed by atoms with Crippen molar-refractivity contribution in [3.05, 3.63) is 57.0 Å². The van der Waals surface area contributed by atoms with Crippen LogP contribution in [0, 0.1) is 0 Å². The maximum Gasteiger partial charge on any atom is 0.417 e. The number of amides is 1. The molecular weight excluding hydrogens is 474 g/mol. The van der Waals surface area contributed by atoms with Gasteiger partial charge in [0, 0.05) is 10.7 Å². The minimum atomic E-state index is -4.63. The molecule has 1 heterocycles. The van der Waals surface area contributed by atoms with E-state index in [9.17, 15) is 18.0 Å². The van der Waals surface area contributed by atoms with E-state index in [1.807, 2.05) is 0 Å². The molecule has 3 aromatic rings. The van der Waals surface area contributed by atoms with Crippen molar-refractivity contribution < 1.29 is 22.4 Å². The SMILES string of the molecule is O=C(CSc1nnc(-c2ccc(Cl)cc2Cl)o1)Nc1ccc(Cl)c(C(F)(F)F)c1. The van der Waals surface area contributed by atoms with E-state index in [0.717, 1.165) is 23.9 Å². The minimum Gasteiger partial charge on any atom is -0.411 e. The number of alkyl halides is 3. The van der Waals surface area contributed by atoms with E-state index in [1.54, 1.807) is 12.1 Å². The van der Waals surface area contributed by atoms with Gasteiger partial charge in [0.1, 0.15) is 0 Å². The summed E-state index contributed by atoms with van der Waals surface area (Å²) < 4.78 is 44.1. The van der Waals surface area contributed by atoms with Crippen molar-refractivity contribution in [2.45, 2.75) is 11.4 Å². The molecular formula is C17H9Cl3F3N3O2S. The summed E-state index contributed by atoms with van der Waals surface area (Å²) in [5.74, 6) is -0.586. The summed E-state index contributed by atoms with van der Waals surface area (Å²) in [4.78, 5) is 12.0. The molecule has 0 aliphatic heterocycles. The third-order valence-electron chi connectivity index (χ3n) is 3.45. The van der Waals surface area contributed by atoms with Crippen LogP contribution in [0.25, 0.3) is 11.5 Å². The van der Waals surface area contributed by atoms with Crippen LogP contribution in [0.1, 0.15) is 5.56 Å². The van der Waals surface area contributed by atoms with Gasteiger partial charge in [-0.05, 0) is 36.4 Å². The first-order valence-corrected chi connectivity index (χ1v) is 9.84. The first-order valence-electron chi connectivity index (χ1n) is 7.72. The van der Waals surface area contributed by atoms with Crippen molar-refractivity contribution >= 4 is 58.2 Å². The van der Waals surface area contributed by atoms with Gasteiger partial charge in [-0.15, -0.1) is 10.2 Å². The Morgan fingerprint density at radius 2 is 1.83 bits per heavy atom. The number of halogens is 6. The predicted octanol–water partition coefficient (Wildman–Crippen LogP) is 6.45. The van der Waals surface area contributed by atoms with Gasteiger partial charge in [-0.2, -0.15) is 13.2 Å². The number of nitrogens with one attached hydrogen (secondary N) is 1. The monoisotopic (exact) mass is 481 g/mol. The van der Waals surface area contributed by atoms with Gasteiger partial charge in [0.15, 0.2) is 0 Å². The molecule has 0 atom stereocenters. The molecule has 152 valence electrons. The highest BCUT2D eigenvalue weighted by atomic mass is 35.5. The minimum absolute atomic E-state index is 0.0357. The number of thioether (sulfide) groups is 1. The molecule has 12 heteroatoms. The van der Waals surface area contributed by atoms with Crippen LogP contribution in [-0.4, -0.2) is 21.9 Å². The lowest BCUT2D eigenvalue weighted by Crippen LogP contribution is -2.15. The first kappa shape index (κ1) is 21.8. The van der Waals surface area contributed by atoms with Gasteiger partial charge in [-0.1, -0.05) is 46.6 Å². The lowest BCUT2D eigenvalue weighted by atomic mass is 10.2. The number of carbonyl (C=O) groups excluding carboxylic acids is 1. The second kappa shape index (κ2) is 8.83. The van der Waals surface area contributed by atoms with Crippen molar-refractivity contribution in [2.75, 3.05) is 11.1 Å². The smallest absolute Gasteiger partial charge is 0.411 e. The number of nitrogens with zero attached hydrogens (tertiary/aromatic N) is 2. The van der Waals surface area contributed by atoms with Crippen molar-refractivity contribution in [2.24, 2.45) is 0 Å².